The smallest absolute Gasteiger partial charge is 0.512 e. The summed E-state index contributed by atoms with van der Waals surface area (Å²) in [5.74, 6) is 0. The monoisotopic (exact) mass is 198 g/mol. The average molecular weight is 198 g/mol. The number of nitrogens with zero attached hydrogens (tertiary/aromatic N) is 4. The number of rotatable bonds is 0. The van der Waals surface area contributed by atoms with Gasteiger partial charge in [-0.3, -0.25) is 0 Å². The Morgan fingerprint density at radius 1 is 0.500 bits per heavy atom. The van der Waals surface area contributed by atoms with E-state index in [0.29, 0.717) is 0 Å². The van der Waals surface area contributed by atoms with Crippen molar-refractivity contribution >= 4 is 0 Å². The topological polar surface area (TPSA) is 95.2 Å². The maximum Gasteiger partial charge on any atom is 3.00 e. The van der Waals surface area contributed by atoms with E-state index in [4.69, 9.17) is 47.3 Å². The van der Waals surface area contributed by atoms with E-state index in [1.165, 1.54) is 0 Å². The van der Waals surface area contributed by atoms with Gasteiger partial charge in [-0.15, -0.1) is 0 Å². The molecule has 0 bridgehead atoms. The van der Waals surface area contributed by atoms with Crippen LogP contribution in [0.25, 0.3) is 0 Å². The van der Waals surface area contributed by atoms with Crippen molar-refractivity contribution in [1.82, 2.24) is 0 Å². The molecule has 44 valence electrons. The third kappa shape index (κ3) is 30600. The first-order valence-electron chi connectivity index (χ1n) is 0.894. The molecule has 0 unspecified atom stereocenters. The van der Waals surface area contributed by atoms with Crippen LogP contribution in [0.4, 0.5) is 0 Å². The van der Waals surface area contributed by atoms with Gasteiger partial charge in [-0.05, 0) is 0 Å². The fourth-order valence-corrected chi connectivity index (χ4v) is 0. The van der Waals surface area contributed by atoms with Crippen LogP contribution in [0.2, 0.25) is 0 Å². The molecule has 0 amide bonds. The summed E-state index contributed by atoms with van der Waals surface area (Å²) in [6, 6.07) is 0. The van der Waals surface area contributed by atoms with E-state index >= 15 is 0 Å². The SMILES string of the molecule is [C-]#N.[C-]#N.[C-]#N.[C-]#N.[K+].[Mn+3]. The van der Waals surface area contributed by atoms with E-state index in [2.05, 4.69) is 0 Å². The minimum absolute atomic E-state index is 0. The van der Waals surface area contributed by atoms with Crippen molar-refractivity contribution in [2.45, 2.75) is 0 Å². The van der Waals surface area contributed by atoms with Crippen LogP contribution in [-0.4, -0.2) is 0 Å². The summed E-state index contributed by atoms with van der Waals surface area (Å²) in [5, 5.41) is 25.0. The van der Waals surface area contributed by atoms with Gasteiger partial charge >= 0.3 is 68.5 Å². The van der Waals surface area contributed by atoms with E-state index in [1.807, 2.05) is 0 Å². The summed E-state index contributed by atoms with van der Waals surface area (Å²) >= 11 is 0. The molecule has 0 aromatic rings. The van der Waals surface area contributed by atoms with Crippen LogP contribution < -0.4 is 51.4 Å². The molecule has 0 radical (unpaired) electrons. The van der Waals surface area contributed by atoms with Gasteiger partial charge in [0.05, 0.1) is 0 Å². The minimum Gasteiger partial charge on any atom is -0.512 e. The Hall–Kier alpha value is 0.116. The Morgan fingerprint density at radius 3 is 0.500 bits per heavy atom. The van der Waals surface area contributed by atoms with Crippen molar-refractivity contribution < 1.29 is 68.5 Å². The van der Waals surface area contributed by atoms with Gasteiger partial charge in [-0.25, -0.2) is 0 Å². The molecule has 4 nitrogen and oxygen atoms in total. The molecule has 0 spiro atoms. The van der Waals surface area contributed by atoms with Crippen LogP contribution in [-0.2, 0) is 17.1 Å². The minimum atomic E-state index is 0. The molecular weight excluding hydrogens is 198 g/mol. The van der Waals surface area contributed by atoms with Crippen LogP contribution in [0.3, 0.4) is 0 Å². The van der Waals surface area contributed by atoms with E-state index < -0.39 is 0 Å². The Bertz CT molecular complexity index is 60.2. The second-order valence-corrected chi connectivity index (χ2v) is 0. The van der Waals surface area contributed by atoms with Gasteiger partial charge in [0.25, 0.3) is 0 Å². The molecule has 0 heterocycles. The molecule has 6 heteroatoms. The quantitative estimate of drug-likeness (QED) is 0.314. The van der Waals surface area contributed by atoms with Gasteiger partial charge in [0.2, 0.25) is 0 Å². The predicted molar refractivity (Wildman–Crippen MR) is 19.9 cm³/mol. The summed E-state index contributed by atoms with van der Waals surface area (Å²) in [4.78, 5) is 0. The zero-order chi connectivity index (χ0) is 8.00. The van der Waals surface area contributed by atoms with Crippen LogP contribution in [0.15, 0.2) is 0 Å². The molecule has 0 aliphatic carbocycles. The third-order valence-electron chi connectivity index (χ3n) is 0. The van der Waals surface area contributed by atoms with Crippen molar-refractivity contribution in [3.63, 3.8) is 0 Å². The maximum atomic E-state index is 6.25. The fourth-order valence-electron chi connectivity index (χ4n) is 0. The molecule has 0 aromatic heterocycles. The molecule has 0 saturated heterocycles. The first kappa shape index (κ1) is 49.6. The standard InChI is InChI=1S/4CN.K.Mn/c4*1-2;;/q4*-1;+1;+3. The summed E-state index contributed by atoms with van der Waals surface area (Å²) in [7, 11) is 0. The molecular formula is C4KMnN4. The largest absolute Gasteiger partial charge is 3.00 e. The summed E-state index contributed by atoms with van der Waals surface area (Å²) in [6.45, 7) is 19.0. The van der Waals surface area contributed by atoms with Crippen LogP contribution in [0.5, 0.6) is 0 Å². The normalized spacial score (nSPS) is 0.800. The molecule has 0 aliphatic rings. The molecule has 0 fully saturated rings. The molecule has 0 saturated carbocycles. The first-order valence-corrected chi connectivity index (χ1v) is 0.894. The summed E-state index contributed by atoms with van der Waals surface area (Å²) in [5.41, 5.74) is 0. The van der Waals surface area contributed by atoms with Gasteiger partial charge in [-0.2, -0.15) is 0 Å². The van der Waals surface area contributed by atoms with Gasteiger partial charge in [0, 0.05) is 0 Å². The average Bonchev–Trinajstić information content (AvgIpc) is 2.03. The zero-order valence-electron chi connectivity index (χ0n) is 5.17. The second kappa shape index (κ2) is 44700. The van der Waals surface area contributed by atoms with E-state index in [-0.39, 0.29) is 68.5 Å². The Morgan fingerprint density at radius 2 is 0.500 bits per heavy atom. The van der Waals surface area contributed by atoms with Crippen LogP contribution in [0, 0.1) is 47.3 Å². The van der Waals surface area contributed by atoms with Gasteiger partial charge in [0.1, 0.15) is 0 Å². The summed E-state index contributed by atoms with van der Waals surface area (Å²) < 4.78 is 0. The Balaban J connectivity index is -0.00000000500. The zero-order valence-corrected chi connectivity index (χ0v) is 9.47. The number of hydrogen-bond donors (Lipinski definition) is 0. The van der Waals surface area contributed by atoms with Crippen molar-refractivity contribution in [2.24, 2.45) is 0 Å². The van der Waals surface area contributed by atoms with Gasteiger partial charge in [0.15, 0.2) is 0 Å². The maximum absolute atomic E-state index is 6.25. The Labute approximate surface area is 114 Å². The molecule has 0 atom stereocenters. The Kier molecular flexibility index (Phi) is 222000. The van der Waals surface area contributed by atoms with E-state index in [9.17, 15) is 0 Å². The van der Waals surface area contributed by atoms with E-state index in [0.717, 1.165) is 0 Å². The van der Waals surface area contributed by atoms with Gasteiger partial charge in [-0.1, -0.05) is 0 Å². The molecule has 0 rings (SSSR count). The molecule has 10 heavy (non-hydrogen) atoms. The number of hydrogen-bond acceptors (Lipinski definition) is 4. The summed E-state index contributed by atoms with van der Waals surface area (Å²) in [6.07, 6.45) is 0. The van der Waals surface area contributed by atoms with Crippen molar-refractivity contribution in [3.8, 4) is 0 Å². The predicted octanol–water partition coefficient (Wildman–Crippen LogP) is -2.61. The van der Waals surface area contributed by atoms with Crippen molar-refractivity contribution in [3.05, 3.63) is 26.3 Å². The van der Waals surface area contributed by atoms with Crippen LogP contribution in [0.1, 0.15) is 0 Å². The molecule has 0 N–H and O–H groups in total. The van der Waals surface area contributed by atoms with Crippen LogP contribution >= 0.6 is 0 Å². The van der Waals surface area contributed by atoms with Crippen molar-refractivity contribution in [1.29, 1.82) is 21.0 Å². The second-order valence-electron chi connectivity index (χ2n) is 0. The third-order valence-corrected chi connectivity index (χ3v) is 0. The van der Waals surface area contributed by atoms with Crippen molar-refractivity contribution in [2.75, 3.05) is 0 Å². The molecule has 0 aliphatic heterocycles. The molecule has 0 aromatic carbocycles. The van der Waals surface area contributed by atoms with Gasteiger partial charge < -0.3 is 47.3 Å². The fraction of sp³-hybridized carbons (Fsp3) is 0. The first-order chi connectivity index (χ1) is 4.00. The van der Waals surface area contributed by atoms with E-state index in [1.54, 1.807) is 0 Å².